The first kappa shape index (κ1) is 15.4. The van der Waals surface area contributed by atoms with E-state index in [1.54, 1.807) is 0 Å². The molecule has 3 heteroatoms. The lowest BCUT2D eigenvalue weighted by molar-refractivity contribution is -0.135. The van der Waals surface area contributed by atoms with Crippen LogP contribution in [0.1, 0.15) is 37.3 Å². The summed E-state index contributed by atoms with van der Waals surface area (Å²) >= 11 is 5.85. The predicted molar refractivity (Wildman–Crippen MR) is 84.2 cm³/mol. The van der Waals surface area contributed by atoms with Crippen molar-refractivity contribution >= 4 is 17.5 Å². The predicted octanol–water partition coefficient (Wildman–Crippen LogP) is 3.66. The molecule has 0 spiro atoms. The molecule has 2 nitrogen and oxygen atoms in total. The van der Waals surface area contributed by atoms with Crippen molar-refractivity contribution in [3.05, 3.63) is 35.4 Å². The lowest BCUT2D eigenvalue weighted by atomic mass is 9.83. The number of rotatable bonds is 6. The molecule has 110 valence electrons. The van der Waals surface area contributed by atoms with Crippen LogP contribution in [0.15, 0.2) is 24.3 Å². The van der Waals surface area contributed by atoms with Crippen LogP contribution in [0, 0.1) is 5.92 Å². The normalized spacial score (nSPS) is 17.6. The molecule has 0 saturated carbocycles. The summed E-state index contributed by atoms with van der Waals surface area (Å²) in [6, 6.07) is 8.50. The monoisotopic (exact) mass is 293 g/mol. The Labute approximate surface area is 127 Å². The molecule has 1 aliphatic rings. The highest BCUT2D eigenvalue weighted by atomic mass is 35.5. The Morgan fingerprint density at radius 1 is 1.30 bits per heavy atom. The molecular formula is C17H24ClNO. The summed E-state index contributed by atoms with van der Waals surface area (Å²) in [5.41, 5.74) is 2.76. The van der Waals surface area contributed by atoms with Crippen molar-refractivity contribution in [1.29, 1.82) is 0 Å². The summed E-state index contributed by atoms with van der Waals surface area (Å²) < 4.78 is 0. The summed E-state index contributed by atoms with van der Waals surface area (Å²) in [4.78, 5) is 14.6. The SMILES string of the molecule is CCCCN(CCCl)C(=O)C1CCc2ccccc2C1. The zero-order valence-electron chi connectivity index (χ0n) is 12.3. The minimum Gasteiger partial charge on any atom is -0.341 e. The van der Waals surface area contributed by atoms with Crippen molar-refractivity contribution in [3.8, 4) is 0 Å². The van der Waals surface area contributed by atoms with Crippen LogP contribution >= 0.6 is 11.6 Å². The molecule has 1 atom stereocenters. The molecule has 20 heavy (non-hydrogen) atoms. The third kappa shape index (κ3) is 3.76. The molecule has 1 aromatic rings. The van der Waals surface area contributed by atoms with Crippen molar-refractivity contribution in [1.82, 2.24) is 4.90 Å². The minimum atomic E-state index is 0.143. The summed E-state index contributed by atoms with van der Waals surface area (Å²) in [5.74, 6) is 0.970. The molecule has 1 amide bonds. The van der Waals surface area contributed by atoms with Crippen LogP contribution in [0.25, 0.3) is 0 Å². The number of amides is 1. The van der Waals surface area contributed by atoms with Crippen molar-refractivity contribution in [2.45, 2.75) is 39.0 Å². The van der Waals surface area contributed by atoms with Crippen molar-refractivity contribution < 1.29 is 4.79 Å². The van der Waals surface area contributed by atoms with E-state index in [1.165, 1.54) is 11.1 Å². The van der Waals surface area contributed by atoms with Crippen LogP contribution in [-0.4, -0.2) is 29.8 Å². The van der Waals surface area contributed by atoms with Gasteiger partial charge in [-0.3, -0.25) is 4.79 Å². The molecule has 0 fully saturated rings. The zero-order valence-corrected chi connectivity index (χ0v) is 13.0. The second-order valence-electron chi connectivity index (χ2n) is 5.58. The molecule has 1 aliphatic carbocycles. The van der Waals surface area contributed by atoms with E-state index in [4.69, 9.17) is 11.6 Å². The molecule has 1 unspecified atom stereocenters. The summed E-state index contributed by atoms with van der Waals surface area (Å²) in [6.07, 6.45) is 5.06. The maximum absolute atomic E-state index is 12.7. The number of fused-ring (bicyclic) bond motifs is 1. The molecular weight excluding hydrogens is 270 g/mol. The van der Waals surface area contributed by atoms with Crippen molar-refractivity contribution in [2.24, 2.45) is 5.92 Å². The Morgan fingerprint density at radius 2 is 2.05 bits per heavy atom. The van der Waals surface area contributed by atoms with E-state index in [-0.39, 0.29) is 5.92 Å². The van der Waals surface area contributed by atoms with Gasteiger partial charge in [0.1, 0.15) is 0 Å². The van der Waals surface area contributed by atoms with Gasteiger partial charge in [0.15, 0.2) is 0 Å². The van der Waals surface area contributed by atoms with E-state index in [0.29, 0.717) is 18.3 Å². The zero-order chi connectivity index (χ0) is 14.4. The molecule has 0 heterocycles. The minimum absolute atomic E-state index is 0.143. The molecule has 2 rings (SSSR count). The van der Waals surface area contributed by atoms with Gasteiger partial charge in [-0.15, -0.1) is 11.6 Å². The highest BCUT2D eigenvalue weighted by molar-refractivity contribution is 6.18. The quantitative estimate of drug-likeness (QED) is 0.733. The van der Waals surface area contributed by atoms with Gasteiger partial charge < -0.3 is 4.90 Å². The van der Waals surface area contributed by atoms with Gasteiger partial charge >= 0.3 is 0 Å². The fourth-order valence-electron chi connectivity index (χ4n) is 2.95. The summed E-state index contributed by atoms with van der Waals surface area (Å²) in [7, 11) is 0. The van der Waals surface area contributed by atoms with Gasteiger partial charge in [-0.1, -0.05) is 37.6 Å². The number of aryl methyl sites for hydroxylation is 1. The lowest BCUT2D eigenvalue weighted by Crippen LogP contribution is -2.40. The van der Waals surface area contributed by atoms with Gasteiger partial charge in [0, 0.05) is 24.9 Å². The fraction of sp³-hybridized carbons (Fsp3) is 0.588. The van der Waals surface area contributed by atoms with Gasteiger partial charge in [-0.2, -0.15) is 0 Å². The van der Waals surface area contributed by atoms with Crippen LogP contribution in [0.3, 0.4) is 0 Å². The average molecular weight is 294 g/mol. The van der Waals surface area contributed by atoms with E-state index in [2.05, 4.69) is 31.2 Å². The first-order valence-corrected chi connectivity index (χ1v) is 8.21. The number of unbranched alkanes of at least 4 members (excludes halogenated alkanes) is 1. The Hall–Kier alpha value is -1.02. The standard InChI is InChI=1S/C17H24ClNO/c1-2-3-11-19(12-10-18)17(20)16-9-8-14-6-4-5-7-15(14)13-16/h4-7,16H,2-3,8-13H2,1H3. The van der Waals surface area contributed by atoms with E-state index >= 15 is 0 Å². The number of carbonyl (C=O) groups is 1. The number of benzene rings is 1. The molecule has 0 radical (unpaired) electrons. The summed E-state index contributed by atoms with van der Waals surface area (Å²) in [6.45, 7) is 3.68. The van der Waals surface area contributed by atoms with Crippen LogP contribution in [0.2, 0.25) is 0 Å². The molecule has 0 saturated heterocycles. The number of halogens is 1. The topological polar surface area (TPSA) is 20.3 Å². The Kier molecular flexibility index (Phi) is 5.90. The largest absolute Gasteiger partial charge is 0.341 e. The van der Waals surface area contributed by atoms with E-state index in [1.807, 2.05) is 4.90 Å². The Bertz CT molecular complexity index is 446. The first-order valence-electron chi connectivity index (χ1n) is 7.67. The first-order chi connectivity index (χ1) is 9.76. The third-order valence-corrected chi connectivity index (χ3v) is 4.31. The maximum atomic E-state index is 12.7. The van der Waals surface area contributed by atoms with Crippen LogP contribution in [-0.2, 0) is 17.6 Å². The number of carbonyl (C=O) groups excluding carboxylic acids is 1. The molecule has 1 aromatic carbocycles. The average Bonchev–Trinajstić information content (AvgIpc) is 2.50. The van der Waals surface area contributed by atoms with Crippen LogP contribution in [0.5, 0.6) is 0 Å². The lowest BCUT2D eigenvalue weighted by Gasteiger charge is -2.30. The van der Waals surface area contributed by atoms with Gasteiger partial charge in [0.05, 0.1) is 0 Å². The molecule has 0 bridgehead atoms. The number of nitrogens with zero attached hydrogens (tertiary/aromatic N) is 1. The smallest absolute Gasteiger partial charge is 0.226 e. The second-order valence-corrected chi connectivity index (χ2v) is 5.95. The molecule has 0 aromatic heterocycles. The van der Waals surface area contributed by atoms with Gasteiger partial charge in [-0.25, -0.2) is 0 Å². The molecule has 0 N–H and O–H groups in total. The van der Waals surface area contributed by atoms with Crippen LogP contribution in [0.4, 0.5) is 0 Å². The van der Waals surface area contributed by atoms with Crippen molar-refractivity contribution in [2.75, 3.05) is 19.0 Å². The van der Waals surface area contributed by atoms with Gasteiger partial charge in [0.2, 0.25) is 5.91 Å². The highest BCUT2D eigenvalue weighted by Gasteiger charge is 2.27. The van der Waals surface area contributed by atoms with Crippen molar-refractivity contribution in [3.63, 3.8) is 0 Å². The van der Waals surface area contributed by atoms with Crippen LogP contribution < -0.4 is 0 Å². The Balaban J connectivity index is 2.01. The maximum Gasteiger partial charge on any atom is 0.226 e. The fourth-order valence-corrected chi connectivity index (χ4v) is 3.15. The molecule has 0 aliphatic heterocycles. The number of hydrogen-bond donors (Lipinski definition) is 0. The second kappa shape index (κ2) is 7.68. The van der Waals surface area contributed by atoms with Gasteiger partial charge in [0.25, 0.3) is 0 Å². The van der Waals surface area contributed by atoms with E-state index < -0.39 is 0 Å². The van der Waals surface area contributed by atoms with E-state index in [9.17, 15) is 4.79 Å². The van der Waals surface area contributed by atoms with E-state index in [0.717, 1.165) is 38.6 Å². The number of alkyl halides is 1. The Morgan fingerprint density at radius 3 is 2.75 bits per heavy atom. The van der Waals surface area contributed by atoms with Gasteiger partial charge in [-0.05, 0) is 36.8 Å². The summed E-state index contributed by atoms with van der Waals surface area (Å²) in [5, 5.41) is 0. The number of hydrogen-bond acceptors (Lipinski definition) is 1. The highest BCUT2D eigenvalue weighted by Crippen LogP contribution is 2.26. The third-order valence-electron chi connectivity index (χ3n) is 4.14.